The van der Waals surface area contributed by atoms with Crippen LogP contribution in [0.2, 0.25) is 0 Å². The minimum atomic E-state index is 0.630. The number of ether oxygens (including phenoxy) is 2. The first-order valence-electron chi connectivity index (χ1n) is 8.19. The fourth-order valence-electron chi connectivity index (χ4n) is 2.30. The first kappa shape index (κ1) is 18.2. The third-order valence-electron chi connectivity index (χ3n) is 3.60. The predicted octanol–water partition coefficient (Wildman–Crippen LogP) is 1.36. The molecule has 2 aromatic heterocycles. The number of nitrogens with one attached hydrogen (secondary N) is 2. The second kappa shape index (κ2) is 9.89. The standard InChI is InChI=1S/C17H27N5O2/c1-14-6-4-7-16-21-15(13-22(14)16)12-20-17(18-2)19-8-5-9-24-11-10-23-3/h4,6-7,13H,5,8-12H2,1-3H3,(H2,18,19,20). The van der Waals surface area contributed by atoms with Crippen LogP contribution < -0.4 is 10.6 Å². The normalized spacial score (nSPS) is 11.9. The molecular weight excluding hydrogens is 306 g/mol. The maximum atomic E-state index is 5.43. The van der Waals surface area contributed by atoms with Crippen molar-refractivity contribution in [2.75, 3.05) is 40.5 Å². The van der Waals surface area contributed by atoms with Crippen LogP contribution >= 0.6 is 0 Å². The highest BCUT2D eigenvalue weighted by Crippen LogP contribution is 2.08. The van der Waals surface area contributed by atoms with Crippen molar-refractivity contribution < 1.29 is 9.47 Å². The summed E-state index contributed by atoms with van der Waals surface area (Å²) in [4.78, 5) is 8.82. The van der Waals surface area contributed by atoms with Gasteiger partial charge in [-0.2, -0.15) is 0 Å². The van der Waals surface area contributed by atoms with Crippen molar-refractivity contribution in [2.24, 2.45) is 4.99 Å². The fourth-order valence-corrected chi connectivity index (χ4v) is 2.30. The molecule has 2 rings (SSSR count). The molecule has 7 nitrogen and oxygen atoms in total. The van der Waals surface area contributed by atoms with Gasteiger partial charge in [-0.3, -0.25) is 4.99 Å². The molecule has 7 heteroatoms. The summed E-state index contributed by atoms with van der Waals surface area (Å²) in [6.45, 7) is 5.48. The summed E-state index contributed by atoms with van der Waals surface area (Å²) in [5, 5.41) is 6.55. The van der Waals surface area contributed by atoms with Crippen molar-refractivity contribution in [3.8, 4) is 0 Å². The number of hydrogen-bond donors (Lipinski definition) is 2. The summed E-state index contributed by atoms with van der Waals surface area (Å²) in [5.41, 5.74) is 3.11. The van der Waals surface area contributed by atoms with Crippen molar-refractivity contribution in [2.45, 2.75) is 19.9 Å². The Balaban J connectivity index is 1.72. The first-order valence-corrected chi connectivity index (χ1v) is 8.19. The van der Waals surface area contributed by atoms with Gasteiger partial charge in [-0.05, 0) is 25.5 Å². The summed E-state index contributed by atoms with van der Waals surface area (Å²) in [6.07, 6.45) is 2.96. The van der Waals surface area contributed by atoms with Crippen molar-refractivity contribution in [3.63, 3.8) is 0 Å². The first-order chi connectivity index (χ1) is 11.7. The molecule has 0 bridgehead atoms. The minimum absolute atomic E-state index is 0.630. The number of hydrogen-bond acceptors (Lipinski definition) is 4. The molecule has 0 amide bonds. The Labute approximate surface area is 143 Å². The largest absolute Gasteiger partial charge is 0.382 e. The van der Waals surface area contributed by atoms with E-state index in [1.807, 2.05) is 12.1 Å². The van der Waals surface area contributed by atoms with Crippen LogP contribution in [0.1, 0.15) is 17.8 Å². The molecule has 0 fully saturated rings. The molecule has 2 N–H and O–H groups in total. The molecule has 0 saturated heterocycles. The Hall–Kier alpha value is -2.12. The third kappa shape index (κ3) is 5.50. The van der Waals surface area contributed by atoms with Gasteiger partial charge in [0.1, 0.15) is 5.65 Å². The third-order valence-corrected chi connectivity index (χ3v) is 3.60. The molecule has 0 unspecified atom stereocenters. The van der Waals surface area contributed by atoms with E-state index < -0.39 is 0 Å². The molecule has 0 saturated carbocycles. The molecule has 24 heavy (non-hydrogen) atoms. The number of aromatic nitrogens is 2. The molecule has 0 spiro atoms. The number of rotatable bonds is 9. The van der Waals surface area contributed by atoms with Gasteiger partial charge >= 0.3 is 0 Å². The highest BCUT2D eigenvalue weighted by molar-refractivity contribution is 5.79. The van der Waals surface area contributed by atoms with E-state index >= 15 is 0 Å². The molecule has 0 aliphatic heterocycles. The van der Waals surface area contributed by atoms with Gasteiger partial charge in [0.25, 0.3) is 0 Å². The maximum absolute atomic E-state index is 5.43. The molecule has 0 atom stereocenters. The van der Waals surface area contributed by atoms with Gasteiger partial charge in [0.05, 0.1) is 25.5 Å². The molecule has 0 radical (unpaired) electrons. The monoisotopic (exact) mass is 333 g/mol. The van der Waals surface area contributed by atoms with Gasteiger partial charge in [-0.25, -0.2) is 4.98 Å². The van der Waals surface area contributed by atoms with Crippen LogP contribution in [0.15, 0.2) is 29.4 Å². The summed E-state index contributed by atoms with van der Waals surface area (Å²) in [6, 6.07) is 6.10. The molecule has 2 heterocycles. The van der Waals surface area contributed by atoms with Crippen molar-refractivity contribution in [1.82, 2.24) is 20.0 Å². The lowest BCUT2D eigenvalue weighted by Crippen LogP contribution is -2.37. The highest BCUT2D eigenvalue weighted by atomic mass is 16.5. The number of aliphatic imine (C=N–C) groups is 1. The SMILES string of the molecule is CN=C(NCCCOCCOC)NCc1cn2c(C)cccc2n1. The van der Waals surface area contributed by atoms with Gasteiger partial charge in [0.15, 0.2) is 5.96 Å². The van der Waals surface area contributed by atoms with Crippen molar-refractivity contribution in [3.05, 3.63) is 35.8 Å². The second-order valence-electron chi connectivity index (χ2n) is 5.44. The van der Waals surface area contributed by atoms with E-state index in [0.29, 0.717) is 26.4 Å². The zero-order valence-corrected chi connectivity index (χ0v) is 14.7. The van der Waals surface area contributed by atoms with Gasteiger partial charge in [-0.1, -0.05) is 6.07 Å². The Bertz CT molecular complexity index is 653. The van der Waals surface area contributed by atoms with E-state index in [1.165, 1.54) is 5.69 Å². The van der Waals surface area contributed by atoms with Crippen LogP contribution in [0.4, 0.5) is 0 Å². The zero-order chi connectivity index (χ0) is 17.2. The van der Waals surface area contributed by atoms with Gasteiger partial charge < -0.3 is 24.5 Å². The highest BCUT2D eigenvalue weighted by Gasteiger charge is 2.04. The summed E-state index contributed by atoms with van der Waals surface area (Å²) < 4.78 is 12.4. The van der Waals surface area contributed by atoms with E-state index in [4.69, 9.17) is 9.47 Å². The van der Waals surface area contributed by atoms with E-state index in [2.05, 4.69) is 44.2 Å². The molecule has 132 valence electrons. The van der Waals surface area contributed by atoms with Crippen LogP contribution in [-0.4, -0.2) is 55.9 Å². The molecule has 0 aliphatic rings. The van der Waals surface area contributed by atoms with Crippen molar-refractivity contribution in [1.29, 1.82) is 0 Å². The van der Waals surface area contributed by atoms with E-state index in [9.17, 15) is 0 Å². The van der Waals surface area contributed by atoms with E-state index in [0.717, 1.165) is 30.3 Å². The molecule has 0 aliphatic carbocycles. The maximum Gasteiger partial charge on any atom is 0.191 e. The van der Waals surface area contributed by atoms with Gasteiger partial charge in [-0.15, -0.1) is 0 Å². The Morgan fingerprint density at radius 2 is 2.12 bits per heavy atom. The second-order valence-corrected chi connectivity index (χ2v) is 5.44. The number of nitrogens with zero attached hydrogens (tertiary/aromatic N) is 3. The topological polar surface area (TPSA) is 72.2 Å². The Morgan fingerprint density at radius 1 is 1.25 bits per heavy atom. The van der Waals surface area contributed by atoms with E-state index in [1.54, 1.807) is 14.2 Å². The number of pyridine rings is 1. The summed E-state index contributed by atoms with van der Waals surface area (Å²) >= 11 is 0. The zero-order valence-electron chi connectivity index (χ0n) is 14.7. The minimum Gasteiger partial charge on any atom is -0.382 e. The van der Waals surface area contributed by atoms with Crippen LogP contribution in [0.25, 0.3) is 5.65 Å². The van der Waals surface area contributed by atoms with Gasteiger partial charge in [0, 0.05) is 39.2 Å². The summed E-state index contributed by atoms with van der Waals surface area (Å²) in [5.74, 6) is 0.765. The predicted molar refractivity (Wildman–Crippen MR) is 95.4 cm³/mol. The average molecular weight is 333 g/mol. The van der Waals surface area contributed by atoms with Gasteiger partial charge in [0.2, 0.25) is 0 Å². The number of guanidine groups is 1. The quantitative estimate of drug-likeness (QED) is 0.412. The lowest BCUT2D eigenvalue weighted by atomic mass is 10.4. The average Bonchev–Trinajstić information content (AvgIpc) is 3.01. The van der Waals surface area contributed by atoms with Crippen LogP contribution in [0.3, 0.4) is 0 Å². The lowest BCUT2D eigenvalue weighted by molar-refractivity contribution is 0.0698. The molecular formula is C17H27N5O2. The number of methoxy groups -OCH3 is 1. The molecule has 2 aromatic rings. The fraction of sp³-hybridized carbons (Fsp3) is 0.529. The smallest absolute Gasteiger partial charge is 0.191 e. The van der Waals surface area contributed by atoms with E-state index in [-0.39, 0.29) is 0 Å². The van der Waals surface area contributed by atoms with Crippen LogP contribution in [-0.2, 0) is 16.0 Å². The summed E-state index contributed by atoms with van der Waals surface area (Å²) in [7, 11) is 3.43. The Kier molecular flexibility index (Phi) is 7.51. The van der Waals surface area contributed by atoms with Crippen molar-refractivity contribution >= 4 is 11.6 Å². The van der Waals surface area contributed by atoms with Crippen LogP contribution in [0.5, 0.6) is 0 Å². The molecule has 0 aromatic carbocycles. The number of aryl methyl sites for hydroxylation is 1. The van der Waals surface area contributed by atoms with Crippen LogP contribution in [0, 0.1) is 6.92 Å². The number of imidazole rings is 1. The number of fused-ring (bicyclic) bond motifs is 1. The lowest BCUT2D eigenvalue weighted by Gasteiger charge is -2.11. The Morgan fingerprint density at radius 3 is 2.88 bits per heavy atom.